The van der Waals surface area contributed by atoms with Gasteiger partial charge in [-0.25, -0.2) is 0 Å². The van der Waals surface area contributed by atoms with Crippen molar-refractivity contribution in [2.24, 2.45) is 7.05 Å². The van der Waals surface area contributed by atoms with E-state index in [0.717, 1.165) is 18.5 Å². The van der Waals surface area contributed by atoms with Gasteiger partial charge in [0.25, 0.3) is 0 Å². The summed E-state index contributed by atoms with van der Waals surface area (Å²) in [4.78, 5) is 0. The van der Waals surface area contributed by atoms with Crippen LogP contribution >= 0.6 is 0 Å². The van der Waals surface area contributed by atoms with E-state index in [-0.39, 0.29) is 5.60 Å². The number of methoxy groups -OCH3 is 1. The zero-order chi connectivity index (χ0) is 10.5. The summed E-state index contributed by atoms with van der Waals surface area (Å²) >= 11 is 0. The van der Waals surface area contributed by atoms with E-state index in [9.17, 15) is 0 Å². The lowest BCUT2D eigenvalue weighted by Crippen LogP contribution is -2.10. The summed E-state index contributed by atoms with van der Waals surface area (Å²) in [6.45, 7) is 0. The minimum Gasteiger partial charge on any atom is -0.372 e. The quantitative estimate of drug-likeness (QED) is 0.746. The van der Waals surface area contributed by atoms with E-state index in [0.29, 0.717) is 0 Å². The Bertz CT molecular complexity index is 511. The van der Waals surface area contributed by atoms with E-state index in [1.54, 1.807) is 7.11 Å². The molecule has 0 bridgehead atoms. The topological polar surface area (TPSA) is 27.1 Å². The molecule has 1 fully saturated rings. The van der Waals surface area contributed by atoms with Crippen LogP contribution in [0.1, 0.15) is 18.5 Å². The van der Waals surface area contributed by atoms with Gasteiger partial charge in [-0.15, -0.1) is 0 Å². The highest BCUT2D eigenvalue weighted by molar-refractivity contribution is 5.83. The zero-order valence-corrected chi connectivity index (χ0v) is 9.03. The maximum absolute atomic E-state index is 5.58. The van der Waals surface area contributed by atoms with E-state index in [1.807, 2.05) is 17.8 Å². The highest BCUT2D eigenvalue weighted by Gasteiger charge is 2.48. The van der Waals surface area contributed by atoms with Crippen LogP contribution in [0, 0.1) is 0 Å². The molecular formula is C12H14N2O. The summed E-state index contributed by atoms with van der Waals surface area (Å²) in [5.74, 6) is 0. The number of aromatic nitrogens is 2. The Labute approximate surface area is 88.7 Å². The molecule has 0 atom stereocenters. The van der Waals surface area contributed by atoms with Gasteiger partial charge in [-0.05, 0) is 18.9 Å². The second-order valence-electron chi connectivity index (χ2n) is 4.19. The Morgan fingerprint density at radius 1 is 1.33 bits per heavy atom. The molecule has 1 heterocycles. The Morgan fingerprint density at radius 3 is 2.73 bits per heavy atom. The van der Waals surface area contributed by atoms with Crippen molar-refractivity contribution in [3.05, 3.63) is 30.0 Å². The molecule has 1 aromatic carbocycles. The summed E-state index contributed by atoms with van der Waals surface area (Å²) < 4.78 is 7.51. The number of para-hydroxylation sites is 1. The Morgan fingerprint density at radius 2 is 2.07 bits per heavy atom. The van der Waals surface area contributed by atoms with Crippen molar-refractivity contribution >= 4 is 10.9 Å². The lowest BCUT2D eigenvalue weighted by molar-refractivity contribution is 0.0758. The molecule has 0 saturated heterocycles. The first kappa shape index (κ1) is 8.92. The van der Waals surface area contributed by atoms with E-state index in [2.05, 4.69) is 23.3 Å². The monoisotopic (exact) mass is 202 g/mol. The molecule has 3 rings (SSSR count). The maximum Gasteiger partial charge on any atom is 0.112 e. The highest BCUT2D eigenvalue weighted by atomic mass is 16.5. The van der Waals surface area contributed by atoms with Crippen LogP contribution in [0.5, 0.6) is 0 Å². The summed E-state index contributed by atoms with van der Waals surface area (Å²) in [6, 6.07) is 8.31. The molecule has 3 nitrogen and oxygen atoms in total. The zero-order valence-electron chi connectivity index (χ0n) is 9.03. The molecule has 1 aliphatic carbocycles. The van der Waals surface area contributed by atoms with Crippen LogP contribution in [-0.4, -0.2) is 16.9 Å². The minimum atomic E-state index is -0.0964. The van der Waals surface area contributed by atoms with Crippen LogP contribution in [-0.2, 0) is 17.4 Å². The summed E-state index contributed by atoms with van der Waals surface area (Å²) in [5, 5.41) is 5.81. The number of ether oxygens (including phenoxy) is 1. The van der Waals surface area contributed by atoms with Gasteiger partial charge in [-0.2, -0.15) is 5.10 Å². The third-order valence-electron chi connectivity index (χ3n) is 3.28. The first-order valence-electron chi connectivity index (χ1n) is 5.24. The third kappa shape index (κ3) is 1.13. The highest BCUT2D eigenvalue weighted by Crippen LogP contribution is 2.49. The minimum absolute atomic E-state index is 0.0964. The molecule has 1 saturated carbocycles. The Balaban J connectivity index is 2.28. The number of hydrogen-bond acceptors (Lipinski definition) is 2. The second-order valence-corrected chi connectivity index (χ2v) is 4.19. The molecule has 0 amide bonds. The van der Waals surface area contributed by atoms with Crippen molar-refractivity contribution in [2.45, 2.75) is 18.4 Å². The molecule has 0 aliphatic heterocycles. The molecule has 78 valence electrons. The average Bonchev–Trinajstić information content (AvgIpc) is 3.00. The third-order valence-corrected chi connectivity index (χ3v) is 3.28. The van der Waals surface area contributed by atoms with Gasteiger partial charge in [-0.1, -0.05) is 18.2 Å². The summed E-state index contributed by atoms with van der Waals surface area (Å²) in [5.41, 5.74) is 2.18. The van der Waals surface area contributed by atoms with Gasteiger partial charge in [0, 0.05) is 19.5 Å². The largest absolute Gasteiger partial charge is 0.372 e. The van der Waals surface area contributed by atoms with E-state index in [4.69, 9.17) is 4.74 Å². The van der Waals surface area contributed by atoms with Gasteiger partial charge in [-0.3, -0.25) is 4.68 Å². The fraction of sp³-hybridized carbons (Fsp3) is 0.417. The number of hydrogen-bond donors (Lipinski definition) is 0. The SMILES string of the molecule is COC1(c2nn(C)c3ccccc23)CC1. The smallest absolute Gasteiger partial charge is 0.112 e. The van der Waals surface area contributed by atoms with Gasteiger partial charge in [0.05, 0.1) is 5.52 Å². The van der Waals surface area contributed by atoms with Crippen LogP contribution in [0.2, 0.25) is 0 Å². The molecule has 15 heavy (non-hydrogen) atoms. The molecule has 2 aromatic rings. The first-order chi connectivity index (χ1) is 7.27. The Hall–Kier alpha value is -1.35. The first-order valence-corrected chi connectivity index (χ1v) is 5.24. The average molecular weight is 202 g/mol. The number of aryl methyl sites for hydroxylation is 1. The summed E-state index contributed by atoms with van der Waals surface area (Å²) in [7, 11) is 3.76. The van der Waals surface area contributed by atoms with Crippen molar-refractivity contribution in [1.29, 1.82) is 0 Å². The van der Waals surface area contributed by atoms with Crippen molar-refractivity contribution in [1.82, 2.24) is 9.78 Å². The van der Waals surface area contributed by atoms with Crippen LogP contribution in [0.25, 0.3) is 10.9 Å². The van der Waals surface area contributed by atoms with Crippen molar-refractivity contribution < 1.29 is 4.74 Å². The van der Waals surface area contributed by atoms with Crippen LogP contribution in [0.15, 0.2) is 24.3 Å². The molecule has 0 spiro atoms. The maximum atomic E-state index is 5.58. The van der Waals surface area contributed by atoms with Gasteiger partial charge < -0.3 is 4.74 Å². The predicted octanol–water partition coefficient (Wildman–Crippen LogP) is 2.21. The molecule has 1 aromatic heterocycles. The fourth-order valence-electron chi connectivity index (χ4n) is 2.20. The lowest BCUT2D eigenvalue weighted by atomic mass is 10.1. The van der Waals surface area contributed by atoms with Crippen molar-refractivity contribution in [3.63, 3.8) is 0 Å². The lowest BCUT2D eigenvalue weighted by Gasteiger charge is -2.09. The molecule has 0 unspecified atom stereocenters. The van der Waals surface area contributed by atoms with Crippen LogP contribution in [0.4, 0.5) is 0 Å². The van der Waals surface area contributed by atoms with Crippen LogP contribution < -0.4 is 0 Å². The number of nitrogens with zero attached hydrogens (tertiary/aromatic N) is 2. The molecule has 0 radical (unpaired) electrons. The predicted molar refractivity (Wildman–Crippen MR) is 58.6 cm³/mol. The van der Waals surface area contributed by atoms with E-state index < -0.39 is 0 Å². The summed E-state index contributed by atoms with van der Waals surface area (Å²) in [6.07, 6.45) is 2.18. The van der Waals surface area contributed by atoms with Gasteiger partial charge in [0.15, 0.2) is 0 Å². The van der Waals surface area contributed by atoms with Gasteiger partial charge >= 0.3 is 0 Å². The van der Waals surface area contributed by atoms with Crippen molar-refractivity contribution in [3.8, 4) is 0 Å². The van der Waals surface area contributed by atoms with E-state index >= 15 is 0 Å². The van der Waals surface area contributed by atoms with Crippen molar-refractivity contribution in [2.75, 3.05) is 7.11 Å². The Kier molecular flexibility index (Phi) is 1.68. The molecule has 1 aliphatic rings. The number of rotatable bonds is 2. The van der Waals surface area contributed by atoms with Gasteiger partial charge in [0.2, 0.25) is 0 Å². The van der Waals surface area contributed by atoms with Gasteiger partial charge in [0.1, 0.15) is 11.3 Å². The fourth-order valence-corrected chi connectivity index (χ4v) is 2.20. The second kappa shape index (κ2) is 2.83. The number of fused-ring (bicyclic) bond motifs is 1. The molecule has 3 heteroatoms. The normalized spacial score (nSPS) is 18.3. The molecular weight excluding hydrogens is 188 g/mol. The van der Waals surface area contributed by atoms with Crippen LogP contribution in [0.3, 0.4) is 0 Å². The standard InChI is InChI=1S/C12H14N2O/c1-14-10-6-4-3-5-9(10)11(13-14)12(15-2)7-8-12/h3-6H,7-8H2,1-2H3. The number of benzene rings is 1. The molecule has 0 N–H and O–H groups in total. The van der Waals surface area contributed by atoms with E-state index in [1.165, 1.54) is 10.9 Å².